The first kappa shape index (κ1) is 33.6. The number of anilines is 1. The number of benzene rings is 2. The van der Waals surface area contributed by atoms with Gasteiger partial charge in [-0.2, -0.15) is 0 Å². The van der Waals surface area contributed by atoms with E-state index in [1.165, 1.54) is 4.90 Å². The topological polar surface area (TPSA) is 131 Å². The zero-order chi connectivity index (χ0) is 31.3. The number of hydrogen-bond donors (Lipinski definition) is 3. The molecule has 0 aromatic heterocycles. The fraction of sp³-hybridized carbons (Fsp3) is 0.484. The highest BCUT2D eigenvalue weighted by Gasteiger charge is 2.42. The molecule has 2 atom stereocenters. The minimum absolute atomic E-state index is 0.0786. The number of nitrogens with zero attached hydrogens (tertiary/aromatic N) is 1. The number of carbonyl (C=O) groups excluding carboxylic acids is 4. The Bertz CT molecular complexity index is 1260. The third-order valence-electron chi connectivity index (χ3n) is 6.17. The van der Waals surface area contributed by atoms with Gasteiger partial charge in [0.15, 0.2) is 0 Å². The number of para-hydroxylation sites is 1. The minimum Gasteiger partial charge on any atom is -0.444 e. The number of alkyl carbamates (subject to hydrolysis) is 1. The van der Waals surface area contributed by atoms with Gasteiger partial charge in [0.05, 0.1) is 10.7 Å². The molecule has 41 heavy (non-hydrogen) atoms. The van der Waals surface area contributed by atoms with Crippen molar-refractivity contribution < 1.29 is 23.9 Å². The van der Waals surface area contributed by atoms with Gasteiger partial charge in [0.1, 0.15) is 17.7 Å². The second-order valence-electron chi connectivity index (χ2n) is 12.3. The van der Waals surface area contributed by atoms with E-state index in [0.717, 1.165) is 16.7 Å². The van der Waals surface area contributed by atoms with Gasteiger partial charge >= 0.3 is 6.09 Å². The van der Waals surface area contributed by atoms with Crippen LogP contribution in [0.15, 0.2) is 36.4 Å². The number of halogens is 1. The van der Waals surface area contributed by atoms with Gasteiger partial charge in [0, 0.05) is 12.0 Å². The van der Waals surface area contributed by atoms with Crippen molar-refractivity contribution >= 4 is 41.1 Å². The van der Waals surface area contributed by atoms with Crippen LogP contribution in [0.25, 0.3) is 0 Å². The lowest BCUT2D eigenvalue weighted by atomic mass is 9.93. The molecule has 0 aliphatic heterocycles. The quantitative estimate of drug-likeness (QED) is 0.345. The van der Waals surface area contributed by atoms with Crippen molar-refractivity contribution in [2.24, 2.45) is 5.73 Å². The third-order valence-corrected chi connectivity index (χ3v) is 6.48. The van der Waals surface area contributed by atoms with Gasteiger partial charge in [0.25, 0.3) is 5.91 Å². The predicted octanol–water partition coefficient (Wildman–Crippen LogP) is 5.73. The van der Waals surface area contributed by atoms with Crippen LogP contribution in [0, 0.1) is 20.8 Å². The summed E-state index contributed by atoms with van der Waals surface area (Å²) in [6.07, 6.45) is -1.07. The number of ether oxygens (including phenoxy) is 1. The van der Waals surface area contributed by atoms with Crippen LogP contribution >= 0.6 is 11.6 Å². The number of rotatable bonds is 9. The van der Waals surface area contributed by atoms with Crippen molar-refractivity contribution in [1.29, 1.82) is 0 Å². The van der Waals surface area contributed by atoms with E-state index in [-0.39, 0.29) is 12.8 Å². The second-order valence-corrected chi connectivity index (χ2v) is 12.7. The molecule has 2 unspecified atom stereocenters. The van der Waals surface area contributed by atoms with Crippen molar-refractivity contribution in [2.45, 2.75) is 98.4 Å². The van der Waals surface area contributed by atoms with Crippen molar-refractivity contribution in [3.05, 3.63) is 63.7 Å². The van der Waals surface area contributed by atoms with Gasteiger partial charge in [-0.1, -0.05) is 53.1 Å². The summed E-state index contributed by atoms with van der Waals surface area (Å²) in [5, 5.41) is 5.90. The van der Waals surface area contributed by atoms with Crippen LogP contribution < -0.4 is 16.4 Å². The number of primary amides is 1. The van der Waals surface area contributed by atoms with Crippen LogP contribution in [0.5, 0.6) is 0 Å². The van der Waals surface area contributed by atoms with Gasteiger partial charge in [-0.3, -0.25) is 14.4 Å². The minimum atomic E-state index is -1.19. The van der Waals surface area contributed by atoms with Crippen molar-refractivity contribution in [2.75, 3.05) is 5.32 Å². The number of amides is 4. The Balaban J connectivity index is 2.69. The lowest BCUT2D eigenvalue weighted by molar-refractivity contribution is -0.147. The summed E-state index contributed by atoms with van der Waals surface area (Å²) in [4.78, 5) is 54.4. The summed E-state index contributed by atoms with van der Waals surface area (Å²) in [5.74, 6) is -1.69. The van der Waals surface area contributed by atoms with Gasteiger partial charge < -0.3 is 26.0 Å². The summed E-state index contributed by atoms with van der Waals surface area (Å²) >= 11 is 6.44. The highest BCUT2D eigenvalue weighted by atomic mass is 35.5. The maximum atomic E-state index is 14.4. The van der Waals surface area contributed by atoms with Crippen molar-refractivity contribution in [3.8, 4) is 0 Å². The predicted molar refractivity (Wildman–Crippen MR) is 162 cm³/mol. The lowest BCUT2D eigenvalue weighted by Gasteiger charge is -2.43. The molecule has 4 amide bonds. The summed E-state index contributed by atoms with van der Waals surface area (Å²) in [7, 11) is 0. The molecule has 0 radical (unpaired) electrons. The monoisotopic (exact) mass is 586 g/mol. The molecule has 0 fully saturated rings. The molecule has 224 valence electrons. The van der Waals surface area contributed by atoms with E-state index < -0.39 is 47.0 Å². The Morgan fingerprint density at radius 3 is 2.05 bits per heavy atom. The third kappa shape index (κ3) is 9.78. The first-order valence-electron chi connectivity index (χ1n) is 13.6. The van der Waals surface area contributed by atoms with Crippen molar-refractivity contribution in [1.82, 2.24) is 10.2 Å². The molecular formula is C31H43ClN4O5. The Hall–Kier alpha value is -3.59. The maximum Gasteiger partial charge on any atom is 0.408 e. The van der Waals surface area contributed by atoms with Crippen molar-refractivity contribution in [3.63, 3.8) is 0 Å². The normalized spacial score (nSPS) is 13.1. The Morgan fingerprint density at radius 1 is 0.976 bits per heavy atom. The number of aryl methyl sites for hydroxylation is 3. The van der Waals surface area contributed by atoms with E-state index in [4.69, 9.17) is 22.1 Å². The first-order valence-corrected chi connectivity index (χ1v) is 13.9. The van der Waals surface area contributed by atoms with Crippen LogP contribution in [0.2, 0.25) is 5.02 Å². The Morgan fingerprint density at radius 2 is 1.56 bits per heavy atom. The fourth-order valence-electron chi connectivity index (χ4n) is 4.57. The molecule has 9 nitrogen and oxygen atoms in total. The highest BCUT2D eigenvalue weighted by Crippen LogP contribution is 2.34. The largest absolute Gasteiger partial charge is 0.444 e. The van der Waals surface area contributed by atoms with Gasteiger partial charge in [-0.25, -0.2) is 4.79 Å². The molecule has 0 aliphatic rings. The van der Waals surface area contributed by atoms with E-state index in [9.17, 15) is 19.2 Å². The van der Waals surface area contributed by atoms with E-state index in [1.807, 2.05) is 45.0 Å². The SMILES string of the molecule is Cc1cc(C)cc(C(C(=O)Nc2c(C)cccc2Cl)N(C(=O)C(CCC(N)=O)NC(=O)OC(C)(C)C)C(C)(C)C)c1. The summed E-state index contributed by atoms with van der Waals surface area (Å²) in [6.45, 7) is 16.1. The molecule has 0 saturated heterocycles. The molecule has 0 heterocycles. The van der Waals surface area contributed by atoms with E-state index in [2.05, 4.69) is 10.6 Å². The van der Waals surface area contributed by atoms with Crippen LogP contribution in [-0.2, 0) is 19.1 Å². The summed E-state index contributed by atoms with van der Waals surface area (Å²) < 4.78 is 5.39. The number of nitrogens with two attached hydrogens (primary N) is 1. The van der Waals surface area contributed by atoms with Gasteiger partial charge in [-0.05, 0) is 85.9 Å². The standard InChI is InChI=1S/C31H43ClN4O5/c1-18-15-19(2)17-21(16-18)26(27(38)35-25-20(3)11-10-12-22(25)32)36(30(4,5)6)28(39)23(13-14-24(33)37)34-29(40)41-31(7,8)9/h10-12,15-17,23,26H,13-14H2,1-9H3,(H2,33,37)(H,34,40)(H,35,38). The zero-order valence-electron chi connectivity index (χ0n) is 25.5. The number of hydrogen-bond acceptors (Lipinski definition) is 5. The molecule has 10 heteroatoms. The molecular weight excluding hydrogens is 544 g/mol. The summed E-state index contributed by atoms with van der Waals surface area (Å²) in [5.41, 5.74) is 7.26. The molecule has 0 spiro atoms. The highest BCUT2D eigenvalue weighted by molar-refractivity contribution is 6.34. The van der Waals surface area contributed by atoms with Crippen LogP contribution in [-0.4, -0.2) is 45.9 Å². The fourth-order valence-corrected chi connectivity index (χ4v) is 4.84. The Kier molecular flexibility index (Phi) is 11.0. The number of nitrogens with one attached hydrogen (secondary N) is 2. The van der Waals surface area contributed by atoms with Gasteiger partial charge in [-0.15, -0.1) is 0 Å². The Labute approximate surface area is 248 Å². The lowest BCUT2D eigenvalue weighted by Crippen LogP contribution is -2.58. The zero-order valence-corrected chi connectivity index (χ0v) is 26.2. The van der Waals surface area contributed by atoms with Crippen LogP contribution in [0.1, 0.15) is 82.7 Å². The molecule has 0 bridgehead atoms. The number of carbonyl (C=O) groups is 4. The van der Waals surface area contributed by atoms with E-state index in [1.54, 1.807) is 53.7 Å². The van der Waals surface area contributed by atoms with Crippen LogP contribution in [0.4, 0.5) is 10.5 Å². The average molecular weight is 587 g/mol. The van der Waals surface area contributed by atoms with Gasteiger partial charge in [0.2, 0.25) is 11.8 Å². The van der Waals surface area contributed by atoms with E-state index >= 15 is 0 Å². The molecule has 2 aromatic rings. The maximum absolute atomic E-state index is 14.4. The smallest absolute Gasteiger partial charge is 0.408 e. The second kappa shape index (κ2) is 13.4. The molecule has 4 N–H and O–H groups in total. The molecule has 2 aromatic carbocycles. The van der Waals surface area contributed by atoms with E-state index in [0.29, 0.717) is 16.3 Å². The van der Waals surface area contributed by atoms with Crippen LogP contribution in [0.3, 0.4) is 0 Å². The summed E-state index contributed by atoms with van der Waals surface area (Å²) in [6, 6.07) is 8.64. The molecule has 0 aliphatic carbocycles. The average Bonchev–Trinajstić information content (AvgIpc) is 2.79. The molecule has 2 rings (SSSR count). The molecule has 0 saturated carbocycles. The first-order chi connectivity index (χ1) is 18.8.